The van der Waals surface area contributed by atoms with Crippen LogP contribution in [0.15, 0.2) is 53.7 Å². The van der Waals surface area contributed by atoms with Gasteiger partial charge in [0.25, 0.3) is 0 Å². The fraction of sp³-hybridized carbons (Fsp3) is 0.167. The highest BCUT2D eigenvalue weighted by atomic mass is 32.2. The van der Waals surface area contributed by atoms with Crippen molar-refractivity contribution in [2.75, 3.05) is 25.3 Å². The number of carbonyl (C=O) groups is 2. The lowest BCUT2D eigenvalue weighted by molar-refractivity contribution is -0.113. The van der Waals surface area contributed by atoms with Gasteiger partial charge < -0.3 is 14.8 Å². The predicted octanol–water partition coefficient (Wildman–Crippen LogP) is 2.19. The Hall–Kier alpha value is -3.40. The van der Waals surface area contributed by atoms with Gasteiger partial charge in [0.15, 0.2) is 0 Å². The van der Waals surface area contributed by atoms with Crippen molar-refractivity contribution in [3.8, 4) is 11.4 Å². The van der Waals surface area contributed by atoms with Crippen LogP contribution in [0.3, 0.4) is 0 Å². The van der Waals surface area contributed by atoms with Gasteiger partial charge in [-0.2, -0.15) is 4.68 Å². The number of hydrogen-bond donors (Lipinski definition) is 1. The second-order valence-corrected chi connectivity index (χ2v) is 6.42. The van der Waals surface area contributed by atoms with E-state index >= 15 is 0 Å². The van der Waals surface area contributed by atoms with E-state index in [2.05, 4.69) is 25.6 Å². The summed E-state index contributed by atoms with van der Waals surface area (Å²) >= 11 is 1.21. The number of methoxy groups -OCH3 is 2. The number of nitrogens with one attached hydrogen (secondary N) is 1. The maximum atomic E-state index is 12.2. The third kappa shape index (κ3) is 4.65. The molecular formula is C18H17N5O4S. The van der Waals surface area contributed by atoms with E-state index in [1.165, 1.54) is 18.9 Å². The molecule has 0 saturated heterocycles. The van der Waals surface area contributed by atoms with Crippen molar-refractivity contribution < 1.29 is 19.1 Å². The number of hydrogen-bond acceptors (Lipinski definition) is 8. The molecule has 0 spiro atoms. The highest BCUT2D eigenvalue weighted by Gasteiger charge is 2.12. The minimum atomic E-state index is -0.432. The van der Waals surface area contributed by atoms with Crippen LogP contribution >= 0.6 is 11.8 Å². The number of carbonyl (C=O) groups excluding carboxylic acids is 2. The third-order valence-corrected chi connectivity index (χ3v) is 4.60. The fourth-order valence-corrected chi connectivity index (χ4v) is 2.98. The zero-order valence-electron chi connectivity index (χ0n) is 15.2. The molecule has 1 aromatic heterocycles. The average molecular weight is 399 g/mol. The van der Waals surface area contributed by atoms with Crippen LogP contribution in [0.25, 0.3) is 5.69 Å². The maximum absolute atomic E-state index is 12.2. The fourth-order valence-electron chi connectivity index (χ4n) is 2.29. The van der Waals surface area contributed by atoms with Gasteiger partial charge in [0.05, 0.1) is 31.2 Å². The number of benzene rings is 2. The molecule has 0 aliphatic heterocycles. The summed E-state index contributed by atoms with van der Waals surface area (Å²) in [7, 11) is 2.91. The van der Waals surface area contributed by atoms with Gasteiger partial charge in [-0.25, -0.2) is 4.79 Å². The van der Waals surface area contributed by atoms with Gasteiger partial charge in [-0.1, -0.05) is 11.8 Å². The smallest absolute Gasteiger partial charge is 0.337 e. The number of amides is 1. The second-order valence-electron chi connectivity index (χ2n) is 5.48. The van der Waals surface area contributed by atoms with E-state index in [4.69, 9.17) is 4.74 Å². The summed E-state index contributed by atoms with van der Waals surface area (Å²) in [5.41, 5.74) is 1.74. The number of rotatable bonds is 7. The third-order valence-electron chi connectivity index (χ3n) is 3.68. The first-order valence-corrected chi connectivity index (χ1v) is 9.13. The number of nitrogens with zero attached hydrogens (tertiary/aromatic N) is 4. The molecular weight excluding hydrogens is 382 g/mol. The van der Waals surface area contributed by atoms with E-state index in [0.29, 0.717) is 16.4 Å². The first kappa shape index (κ1) is 19.4. The summed E-state index contributed by atoms with van der Waals surface area (Å²) in [6.07, 6.45) is 0. The van der Waals surface area contributed by atoms with Crippen LogP contribution in [0.1, 0.15) is 10.4 Å². The summed E-state index contributed by atoms with van der Waals surface area (Å²) in [6.45, 7) is 0. The van der Waals surface area contributed by atoms with Gasteiger partial charge in [-0.05, 0) is 59.0 Å². The summed E-state index contributed by atoms with van der Waals surface area (Å²) in [5, 5.41) is 14.8. The quantitative estimate of drug-likeness (QED) is 0.476. The average Bonchev–Trinajstić information content (AvgIpc) is 3.21. The normalized spacial score (nSPS) is 10.4. The van der Waals surface area contributed by atoms with Crippen LogP contribution in [0, 0.1) is 0 Å². The molecule has 0 unspecified atom stereocenters. The van der Waals surface area contributed by atoms with Gasteiger partial charge in [0.2, 0.25) is 11.1 Å². The number of ether oxygens (including phenoxy) is 2. The van der Waals surface area contributed by atoms with Crippen molar-refractivity contribution in [1.29, 1.82) is 0 Å². The zero-order valence-corrected chi connectivity index (χ0v) is 16.0. The minimum Gasteiger partial charge on any atom is -0.497 e. The Balaban J connectivity index is 1.59. The lowest BCUT2D eigenvalue weighted by Crippen LogP contribution is -2.14. The van der Waals surface area contributed by atoms with E-state index in [9.17, 15) is 9.59 Å². The zero-order chi connectivity index (χ0) is 19.9. The Morgan fingerprint density at radius 3 is 2.43 bits per heavy atom. The molecule has 2 aromatic carbocycles. The molecule has 0 aliphatic carbocycles. The van der Waals surface area contributed by atoms with Crippen LogP contribution in [-0.2, 0) is 9.53 Å². The lowest BCUT2D eigenvalue weighted by atomic mass is 10.2. The van der Waals surface area contributed by atoms with E-state index in [1.54, 1.807) is 48.2 Å². The Bertz CT molecular complexity index is 957. The Morgan fingerprint density at radius 1 is 1.07 bits per heavy atom. The molecule has 0 atom stereocenters. The van der Waals surface area contributed by atoms with Crippen LogP contribution in [0.5, 0.6) is 5.75 Å². The SMILES string of the molecule is COC(=O)c1ccc(NC(=O)CSc2nnnn2-c2ccc(OC)cc2)cc1. The number of aromatic nitrogens is 4. The van der Waals surface area contributed by atoms with Gasteiger partial charge in [-0.3, -0.25) is 4.79 Å². The largest absolute Gasteiger partial charge is 0.497 e. The summed E-state index contributed by atoms with van der Waals surface area (Å²) in [4.78, 5) is 23.6. The highest BCUT2D eigenvalue weighted by molar-refractivity contribution is 7.99. The lowest BCUT2D eigenvalue weighted by Gasteiger charge is -2.07. The number of thioether (sulfide) groups is 1. The van der Waals surface area contributed by atoms with Crippen molar-refractivity contribution in [2.45, 2.75) is 5.16 Å². The number of tetrazole rings is 1. The van der Waals surface area contributed by atoms with E-state index in [0.717, 1.165) is 11.4 Å². The van der Waals surface area contributed by atoms with Gasteiger partial charge >= 0.3 is 5.97 Å². The summed E-state index contributed by atoms with van der Waals surface area (Å²) < 4.78 is 11.3. The molecule has 28 heavy (non-hydrogen) atoms. The van der Waals surface area contributed by atoms with E-state index in [1.807, 2.05) is 12.1 Å². The molecule has 144 valence electrons. The molecule has 0 radical (unpaired) electrons. The topological polar surface area (TPSA) is 108 Å². The van der Waals surface area contributed by atoms with Gasteiger partial charge in [0, 0.05) is 5.69 Å². The molecule has 0 bridgehead atoms. The molecule has 10 heteroatoms. The first-order chi connectivity index (χ1) is 13.6. The van der Waals surface area contributed by atoms with E-state index < -0.39 is 5.97 Å². The van der Waals surface area contributed by atoms with Crippen LogP contribution in [0.4, 0.5) is 5.69 Å². The Kier molecular flexibility index (Phi) is 6.22. The molecule has 1 heterocycles. The molecule has 3 aromatic rings. The van der Waals surface area contributed by atoms with Gasteiger partial charge in [-0.15, -0.1) is 5.10 Å². The van der Waals surface area contributed by atoms with Gasteiger partial charge in [0.1, 0.15) is 5.75 Å². The Morgan fingerprint density at radius 2 is 1.79 bits per heavy atom. The van der Waals surface area contributed by atoms with Crippen LogP contribution < -0.4 is 10.1 Å². The molecule has 1 N–H and O–H groups in total. The monoisotopic (exact) mass is 399 g/mol. The second kappa shape index (κ2) is 9.00. The molecule has 0 aliphatic rings. The summed E-state index contributed by atoms with van der Waals surface area (Å²) in [5.74, 6) is 0.192. The summed E-state index contributed by atoms with van der Waals surface area (Å²) in [6, 6.07) is 13.7. The molecule has 1 amide bonds. The van der Waals surface area contributed by atoms with Crippen LogP contribution in [-0.4, -0.2) is 52.1 Å². The van der Waals surface area contributed by atoms with Crippen LogP contribution in [0.2, 0.25) is 0 Å². The number of anilines is 1. The first-order valence-electron chi connectivity index (χ1n) is 8.14. The molecule has 9 nitrogen and oxygen atoms in total. The standard InChI is InChI=1S/C18H17N5O4S/c1-26-15-9-7-14(8-10-15)23-18(20-21-22-23)28-11-16(24)19-13-5-3-12(4-6-13)17(25)27-2/h3-10H,11H2,1-2H3,(H,19,24). The van der Waals surface area contributed by atoms with Crippen molar-refractivity contribution in [2.24, 2.45) is 0 Å². The minimum absolute atomic E-state index is 0.120. The van der Waals surface area contributed by atoms with E-state index in [-0.39, 0.29) is 11.7 Å². The predicted molar refractivity (Wildman–Crippen MR) is 103 cm³/mol. The Labute approximate surface area is 165 Å². The van der Waals surface area contributed by atoms with Crippen molar-refractivity contribution >= 4 is 29.3 Å². The maximum Gasteiger partial charge on any atom is 0.337 e. The number of esters is 1. The molecule has 0 fully saturated rings. The van der Waals surface area contributed by atoms with Crippen molar-refractivity contribution in [1.82, 2.24) is 20.2 Å². The molecule has 0 saturated carbocycles. The highest BCUT2D eigenvalue weighted by Crippen LogP contribution is 2.20. The van der Waals surface area contributed by atoms with Crippen molar-refractivity contribution in [3.05, 3.63) is 54.1 Å². The molecule has 3 rings (SSSR count). The van der Waals surface area contributed by atoms with Crippen molar-refractivity contribution in [3.63, 3.8) is 0 Å².